The van der Waals surface area contributed by atoms with E-state index < -0.39 is 8.80 Å². The highest BCUT2D eigenvalue weighted by molar-refractivity contribution is 6.60. The van der Waals surface area contributed by atoms with Crippen LogP contribution in [0.15, 0.2) is 30.3 Å². The second-order valence-corrected chi connectivity index (χ2v) is 7.88. The lowest BCUT2D eigenvalue weighted by Crippen LogP contribution is -2.45. The van der Waals surface area contributed by atoms with E-state index in [4.69, 9.17) is 24.9 Å². The number of hydrogen-bond donors (Lipinski definition) is 0. The van der Waals surface area contributed by atoms with Gasteiger partial charge in [-0.3, -0.25) is 0 Å². The van der Waals surface area contributed by atoms with Crippen LogP contribution in [0.3, 0.4) is 0 Å². The van der Waals surface area contributed by atoms with Gasteiger partial charge < -0.3 is 13.3 Å². The molecule has 1 atom stereocenters. The van der Waals surface area contributed by atoms with Crippen LogP contribution in [0, 0.1) is 0 Å². The van der Waals surface area contributed by atoms with Crippen molar-refractivity contribution >= 4 is 20.4 Å². The summed E-state index contributed by atoms with van der Waals surface area (Å²) in [5, 5.41) is -0.0427. The number of aryl methyl sites for hydroxylation is 1. The summed E-state index contributed by atoms with van der Waals surface area (Å²) in [5.41, 5.74) is 1.26. The van der Waals surface area contributed by atoms with Crippen molar-refractivity contribution in [2.45, 2.75) is 24.8 Å². The highest BCUT2D eigenvalue weighted by Gasteiger charge is 2.38. The molecule has 0 aliphatic carbocycles. The van der Waals surface area contributed by atoms with Crippen LogP contribution in [0.4, 0.5) is 0 Å². The van der Waals surface area contributed by atoms with Crippen molar-refractivity contribution in [3.05, 3.63) is 35.9 Å². The van der Waals surface area contributed by atoms with Gasteiger partial charge in [0.1, 0.15) is 0 Å². The third-order valence-corrected chi connectivity index (χ3v) is 5.56. The van der Waals surface area contributed by atoms with Gasteiger partial charge in [0, 0.05) is 20.3 Å². The molecule has 1 rings (SSSR count). The molecule has 0 amide bonds. The minimum absolute atomic E-state index is 0.0427. The summed E-state index contributed by atoms with van der Waals surface area (Å²) in [4.78, 5) is 0. The fraction of sp³-hybridized carbons (Fsp3) is 0.538. The molecule has 5 heteroatoms. The molecule has 0 fully saturated rings. The molecule has 0 saturated heterocycles. The molecule has 0 N–H and O–H groups in total. The third-order valence-electron chi connectivity index (χ3n) is 2.72. The molecule has 0 radical (unpaired) electrons. The first-order chi connectivity index (χ1) is 8.62. The van der Waals surface area contributed by atoms with E-state index in [1.165, 1.54) is 5.56 Å². The predicted octanol–water partition coefficient (Wildman–Crippen LogP) is 3.10. The van der Waals surface area contributed by atoms with Crippen molar-refractivity contribution in [2.75, 3.05) is 20.8 Å². The number of halogens is 1. The van der Waals surface area contributed by atoms with E-state index in [1.54, 1.807) is 14.2 Å². The van der Waals surface area contributed by atoms with Gasteiger partial charge in [-0.1, -0.05) is 30.3 Å². The lowest BCUT2D eigenvalue weighted by molar-refractivity contribution is 0.0993. The molecule has 1 unspecified atom stereocenters. The van der Waals surface area contributed by atoms with Gasteiger partial charge >= 0.3 is 8.80 Å². The number of benzene rings is 1. The Labute approximate surface area is 115 Å². The first-order valence-corrected chi connectivity index (χ1v) is 8.41. The number of rotatable bonds is 8. The average molecular weight is 289 g/mol. The van der Waals surface area contributed by atoms with Crippen LogP contribution in [-0.4, -0.2) is 35.0 Å². The standard InChI is InChI=1S/C13H21ClO3Si/c1-12(14)11-17-18(15-2,16-3)10-9-13-7-5-4-6-8-13/h4-8,12H,9-11H2,1-3H3. The first-order valence-electron chi connectivity index (χ1n) is 6.04. The Morgan fingerprint density at radius 3 is 2.28 bits per heavy atom. The second kappa shape index (κ2) is 7.91. The van der Waals surface area contributed by atoms with Gasteiger partial charge in [-0.05, 0) is 18.9 Å². The second-order valence-electron chi connectivity index (χ2n) is 4.17. The SMILES string of the molecule is CO[Si](CCc1ccccc1)(OC)OCC(C)Cl. The zero-order valence-corrected chi connectivity index (χ0v) is 12.9. The van der Waals surface area contributed by atoms with Crippen LogP contribution >= 0.6 is 11.6 Å². The molecule has 1 aromatic carbocycles. The molecule has 102 valence electrons. The summed E-state index contributed by atoms with van der Waals surface area (Å²) in [6.45, 7) is 2.34. The smallest absolute Gasteiger partial charge is 0.377 e. The van der Waals surface area contributed by atoms with Crippen molar-refractivity contribution in [3.63, 3.8) is 0 Å². The van der Waals surface area contributed by atoms with Crippen molar-refractivity contribution in [3.8, 4) is 0 Å². The molecule has 0 saturated carbocycles. The van der Waals surface area contributed by atoms with Gasteiger partial charge in [0.2, 0.25) is 0 Å². The van der Waals surface area contributed by atoms with E-state index in [0.29, 0.717) is 6.61 Å². The van der Waals surface area contributed by atoms with Crippen LogP contribution in [0.5, 0.6) is 0 Å². The van der Waals surface area contributed by atoms with Crippen molar-refractivity contribution in [1.82, 2.24) is 0 Å². The van der Waals surface area contributed by atoms with Crippen LogP contribution < -0.4 is 0 Å². The van der Waals surface area contributed by atoms with E-state index in [0.717, 1.165) is 12.5 Å². The van der Waals surface area contributed by atoms with Gasteiger partial charge in [-0.25, -0.2) is 0 Å². The molecule has 18 heavy (non-hydrogen) atoms. The summed E-state index contributed by atoms with van der Waals surface area (Å²) < 4.78 is 16.8. The highest BCUT2D eigenvalue weighted by Crippen LogP contribution is 2.18. The largest absolute Gasteiger partial charge is 0.500 e. The fourth-order valence-electron chi connectivity index (χ4n) is 1.66. The molecule has 3 nitrogen and oxygen atoms in total. The van der Waals surface area contributed by atoms with Crippen molar-refractivity contribution < 1.29 is 13.3 Å². The Bertz CT molecular complexity index is 328. The molecule has 0 aromatic heterocycles. The third kappa shape index (κ3) is 5.08. The van der Waals surface area contributed by atoms with E-state index >= 15 is 0 Å². The Morgan fingerprint density at radius 1 is 1.17 bits per heavy atom. The van der Waals surface area contributed by atoms with Crippen LogP contribution in [0.25, 0.3) is 0 Å². The van der Waals surface area contributed by atoms with Crippen molar-refractivity contribution in [1.29, 1.82) is 0 Å². The van der Waals surface area contributed by atoms with Gasteiger partial charge in [0.25, 0.3) is 0 Å². The van der Waals surface area contributed by atoms with E-state index in [1.807, 2.05) is 25.1 Å². The Morgan fingerprint density at radius 2 is 1.78 bits per heavy atom. The minimum atomic E-state index is -2.57. The Kier molecular flexibility index (Phi) is 6.89. The lowest BCUT2D eigenvalue weighted by Gasteiger charge is -2.27. The Balaban J connectivity index is 2.56. The average Bonchev–Trinajstić information content (AvgIpc) is 2.41. The van der Waals surface area contributed by atoms with Crippen LogP contribution in [0.2, 0.25) is 6.04 Å². The monoisotopic (exact) mass is 288 g/mol. The molecule has 0 heterocycles. The summed E-state index contributed by atoms with van der Waals surface area (Å²) >= 11 is 5.90. The van der Waals surface area contributed by atoms with E-state index in [2.05, 4.69) is 12.1 Å². The highest BCUT2D eigenvalue weighted by atomic mass is 35.5. The van der Waals surface area contributed by atoms with E-state index in [9.17, 15) is 0 Å². The fourth-order valence-corrected chi connectivity index (χ4v) is 3.88. The maximum Gasteiger partial charge on any atom is 0.500 e. The molecular formula is C13H21ClO3Si. The Hall–Kier alpha value is -0.393. The predicted molar refractivity (Wildman–Crippen MR) is 76.0 cm³/mol. The van der Waals surface area contributed by atoms with Gasteiger partial charge in [-0.15, -0.1) is 11.6 Å². The zero-order valence-electron chi connectivity index (χ0n) is 11.2. The van der Waals surface area contributed by atoms with Crippen LogP contribution in [0.1, 0.15) is 12.5 Å². The quantitative estimate of drug-likeness (QED) is 0.543. The zero-order chi connectivity index (χ0) is 13.4. The molecule has 0 spiro atoms. The van der Waals surface area contributed by atoms with Gasteiger partial charge in [-0.2, -0.15) is 0 Å². The molecular weight excluding hydrogens is 268 g/mol. The van der Waals surface area contributed by atoms with Crippen LogP contribution in [-0.2, 0) is 19.7 Å². The summed E-state index contributed by atoms with van der Waals surface area (Å²) in [6, 6.07) is 11.0. The first kappa shape index (κ1) is 15.7. The molecule has 1 aromatic rings. The van der Waals surface area contributed by atoms with Gasteiger partial charge in [0.05, 0.1) is 12.0 Å². The topological polar surface area (TPSA) is 27.7 Å². The maximum absolute atomic E-state index is 5.90. The minimum Gasteiger partial charge on any atom is -0.377 e. The number of alkyl halides is 1. The molecule has 0 aliphatic heterocycles. The number of hydrogen-bond acceptors (Lipinski definition) is 3. The maximum atomic E-state index is 5.90. The molecule has 0 aliphatic rings. The van der Waals surface area contributed by atoms with E-state index in [-0.39, 0.29) is 5.38 Å². The van der Waals surface area contributed by atoms with Gasteiger partial charge in [0.15, 0.2) is 0 Å². The normalized spacial score (nSPS) is 13.6. The summed E-state index contributed by atoms with van der Waals surface area (Å²) in [7, 11) is 0.704. The molecule has 0 bridgehead atoms. The summed E-state index contributed by atoms with van der Waals surface area (Å²) in [5.74, 6) is 0. The summed E-state index contributed by atoms with van der Waals surface area (Å²) in [6.07, 6.45) is 0.880. The van der Waals surface area contributed by atoms with Crippen molar-refractivity contribution in [2.24, 2.45) is 0 Å². The lowest BCUT2D eigenvalue weighted by atomic mass is 10.2.